The van der Waals surface area contributed by atoms with Gasteiger partial charge in [0.15, 0.2) is 5.16 Å². The lowest BCUT2D eigenvalue weighted by Gasteiger charge is -2.15. The van der Waals surface area contributed by atoms with Crippen LogP contribution in [0.15, 0.2) is 76.7 Å². The highest BCUT2D eigenvalue weighted by Gasteiger charge is 2.20. The van der Waals surface area contributed by atoms with Crippen LogP contribution >= 0.6 is 11.8 Å². The van der Waals surface area contributed by atoms with Crippen molar-refractivity contribution in [2.24, 2.45) is 0 Å². The Morgan fingerprint density at radius 2 is 1.66 bits per heavy atom. The summed E-state index contributed by atoms with van der Waals surface area (Å²) < 4.78 is 3.49. The molecular formula is C27H25N5O2S. The summed E-state index contributed by atoms with van der Waals surface area (Å²) in [7, 11) is 0. The molecule has 2 aromatic heterocycles. The van der Waals surface area contributed by atoms with Gasteiger partial charge < -0.3 is 5.32 Å². The Bertz CT molecular complexity index is 1620. The topological polar surface area (TPSA) is 81.3 Å². The molecule has 35 heavy (non-hydrogen) atoms. The predicted octanol–water partition coefficient (Wildman–Crippen LogP) is 4.94. The summed E-state index contributed by atoms with van der Waals surface area (Å²) in [5.41, 5.74) is 5.20. The summed E-state index contributed by atoms with van der Waals surface area (Å²) in [6.45, 7) is 6.01. The van der Waals surface area contributed by atoms with Crippen molar-refractivity contribution in [2.75, 3.05) is 11.1 Å². The third-order valence-corrected chi connectivity index (χ3v) is 6.99. The molecule has 0 radical (unpaired) electrons. The number of aromatic nitrogens is 4. The van der Waals surface area contributed by atoms with Crippen LogP contribution in [0, 0.1) is 13.8 Å². The number of thioether (sulfide) groups is 1. The number of hydrogen-bond donors (Lipinski definition) is 1. The van der Waals surface area contributed by atoms with Gasteiger partial charge in [0.25, 0.3) is 5.56 Å². The molecule has 0 fully saturated rings. The van der Waals surface area contributed by atoms with Crippen molar-refractivity contribution in [3.8, 4) is 5.69 Å². The van der Waals surface area contributed by atoms with E-state index < -0.39 is 0 Å². The highest BCUT2D eigenvalue weighted by molar-refractivity contribution is 7.99. The Morgan fingerprint density at radius 3 is 2.43 bits per heavy atom. The number of hydrogen-bond acceptors (Lipinski definition) is 5. The number of nitrogens with zero attached hydrogens (tertiary/aromatic N) is 4. The van der Waals surface area contributed by atoms with Gasteiger partial charge in [-0.1, -0.05) is 67.2 Å². The molecule has 3 aromatic carbocycles. The van der Waals surface area contributed by atoms with Crippen molar-refractivity contribution in [2.45, 2.75) is 32.3 Å². The first-order chi connectivity index (χ1) is 17.0. The number of amides is 1. The lowest BCUT2D eigenvalue weighted by Crippen LogP contribution is -2.23. The molecule has 5 rings (SSSR count). The highest BCUT2D eigenvalue weighted by Crippen LogP contribution is 2.26. The maximum atomic E-state index is 13.6. The number of benzene rings is 3. The van der Waals surface area contributed by atoms with Gasteiger partial charge in [0.1, 0.15) is 0 Å². The summed E-state index contributed by atoms with van der Waals surface area (Å²) in [6, 6.07) is 21.1. The molecule has 5 aromatic rings. The van der Waals surface area contributed by atoms with E-state index in [1.165, 1.54) is 11.8 Å². The molecule has 176 valence electrons. The Kier molecular flexibility index (Phi) is 6.13. The van der Waals surface area contributed by atoms with Crippen LogP contribution in [0.4, 0.5) is 5.69 Å². The highest BCUT2D eigenvalue weighted by atomic mass is 32.2. The Balaban J connectivity index is 1.58. The predicted molar refractivity (Wildman–Crippen MR) is 141 cm³/mol. The second-order valence-corrected chi connectivity index (χ2v) is 9.31. The van der Waals surface area contributed by atoms with Crippen LogP contribution < -0.4 is 10.9 Å². The van der Waals surface area contributed by atoms with Gasteiger partial charge in [0, 0.05) is 5.69 Å². The van der Waals surface area contributed by atoms with E-state index in [0.717, 1.165) is 34.5 Å². The fourth-order valence-corrected chi connectivity index (χ4v) is 5.14. The third-order valence-electron chi connectivity index (χ3n) is 6.06. The SMILES string of the molecule is CCc1ccccc1NC(=O)CSc1nnc2n(-c3c(C)cccc3C)c(=O)c3ccccc3n12. The van der Waals surface area contributed by atoms with Gasteiger partial charge >= 0.3 is 0 Å². The molecule has 2 heterocycles. The van der Waals surface area contributed by atoms with Gasteiger partial charge in [-0.3, -0.25) is 14.0 Å². The molecule has 0 bridgehead atoms. The Morgan fingerprint density at radius 1 is 0.943 bits per heavy atom. The van der Waals surface area contributed by atoms with E-state index in [9.17, 15) is 9.59 Å². The molecule has 0 unspecified atom stereocenters. The average Bonchev–Trinajstić information content (AvgIpc) is 3.28. The van der Waals surface area contributed by atoms with Crippen molar-refractivity contribution in [3.05, 3.63) is 93.8 Å². The van der Waals surface area contributed by atoms with Crippen LogP contribution in [0.5, 0.6) is 0 Å². The Labute approximate surface area is 206 Å². The second-order valence-electron chi connectivity index (χ2n) is 8.36. The zero-order valence-electron chi connectivity index (χ0n) is 19.8. The molecule has 7 nitrogen and oxygen atoms in total. The van der Waals surface area contributed by atoms with Gasteiger partial charge in [-0.15, -0.1) is 10.2 Å². The first-order valence-electron chi connectivity index (χ1n) is 11.5. The Hall–Kier alpha value is -3.91. The van der Waals surface area contributed by atoms with Crippen molar-refractivity contribution < 1.29 is 4.79 Å². The van der Waals surface area contributed by atoms with Crippen LogP contribution in [0.1, 0.15) is 23.6 Å². The van der Waals surface area contributed by atoms with Gasteiger partial charge in [0.05, 0.1) is 22.3 Å². The zero-order chi connectivity index (χ0) is 24.5. The molecule has 0 saturated heterocycles. The molecule has 0 spiro atoms. The molecule has 8 heteroatoms. The molecule has 0 aliphatic rings. The van der Waals surface area contributed by atoms with E-state index >= 15 is 0 Å². The van der Waals surface area contributed by atoms with Gasteiger partial charge in [0.2, 0.25) is 11.7 Å². The number of aryl methyl sites for hydroxylation is 3. The summed E-state index contributed by atoms with van der Waals surface area (Å²) in [4.78, 5) is 26.4. The summed E-state index contributed by atoms with van der Waals surface area (Å²) >= 11 is 1.29. The number of anilines is 1. The molecular weight excluding hydrogens is 458 g/mol. The van der Waals surface area contributed by atoms with Gasteiger partial charge in [-0.05, 0) is 55.2 Å². The monoisotopic (exact) mass is 483 g/mol. The van der Waals surface area contributed by atoms with E-state index in [1.54, 1.807) is 4.57 Å². The van der Waals surface area contributed by atoms with Crippen molar-refractivity contribution >= 4 is 40.0 Å². The average molecular weight is 484 g/mol. The van der Waals surface area contributed by atoms with Crippen LogP contribution in [0.25, 0.3) is 22.4 Å². The number of fused-ring (bicyclic) bond motifs is 3. The van der Waals surface area contributed by atoms with Gasteiger partial charge in [-0.25, -0.2) is 4.57 Å². The van der Waals surface area contributed by atoms with Crippen molar-refractivity contribution in [1.29, 1.82) is 0 Å². The van der Waals surface area contributed by atoms with Crippen LogP contribution in [-0.4, -0.2) is 30.8 Å². The van der Waals surface area contributed by atoms with E-state index in [2.05, 4.69) is 22.4 Å². The van der Waals surface area contributed by atoms with Crippen molar-refractivity contribution in [1.82, 2.24) is 19.2 Å². The summed E-state index contributed by atoms with van der Waals surface area (Å²) in [6.07, 6.45) is 0.834. The fraction of sp³-hybridized carbons (Fsp3) is 0.185. The summed E-state index contributed by atoms with van der Waals surface area (Å²) in [5.74, 6) is 0.459. The normalized spacial score (nSPS) is 11.3. The standard InChI is InChI=1S/C27H25N5O2S/c1-4-19-12-5-7-14-21(19)28-23(33)16-35-27-30-29-26-31(27)22-15-8-6-13-20(22)25(34)32(26)24-17(2)10-9-11-18(24)3/h5-15H,4,16H2,1-3H3,(H,28,33). The second kappa shape index (κ2) is 9.38. The van der Waals surface area contributed by atoms with Crippen LogP contribution in [0.2, 0.25) is 0 Å². The smallest absolute Gasteiger partial charge is 0.267 e. The zero-order valence-corrected chi connectivity index (χ0v) is 20.6. The maximum Gasteiger partial charge on any atom is 0.267 e. The molecule has 0 aliphatic carbocycles. The van der Waals surface area contributed by atoms with E-state index in [-0.39, 0.29) is 17.2 Å². The molecule has 1 N–H and O–H groups in total. The van der Waals surface area contributed by atoms with E-state index in [4.69, 9.17) is 0 Å². The van der Waals surface area contributed by atoms with Gasteiger partial charge in [-0.2, -0.15) is 0 Å². The number of rotatable bonds is 6. The number of nitrogens with one attached hydrogen (secondary N) is 1. The van der Waals surface area contributed by atoms with Crippen molar-refractivity contribution in [3.63, 3.8) is 0 Å². The third kappa shape index (κ3) is 4.10. The first kappa shape index (κ1) is 22.9. The first-order valence-corrected chi connectivity index (χ1v) is 12.4. The summed E-state index contributed by atoms with van der Waals surface area (Å²) in [5, 5.41) is 12.9. The minimum absolute atomic E-state index is 0.125. The van der Waals surface area contributed by atoms with E-state index in [0.29, 0.717) is 21.8 Å². The molecule has 1 amide bonds. The molecule has 0 atom stereocenters. The largest absolute Gasteiger partial charge is 0.325 e. The van der Waals surface area contributed by atoms with E-state index in [1.807, 2.05) is 85.0 Å². The minimum atomic E-state index is -0.150. The minimum Gasteiger partial charge on any atom is -0.325 e. The maximum absolute atomic E-state index is 13.6. The quantitative estimate of drug-likeness (QED) is 0.346. The van der Waals surface area contributed by atoms with Crippen LogP contribution in [-0.2, 0) is 11.2 Å². The molecule has 0 aliphatic heterocycles. The number of para-hydroxylation sites is 3. The fourth-order valence-electron chi connectivity index (χ4n) is 4.40. The lowest BCUT2D eigenvalue weighted by molar-refractivity contribution is -0.113. The lowest BCUT2D eigenvalue weighted by atomic mass is 10.1. The number of carbonyl (C=O) groups excluding carboxylic acids is 1. The molecule has 0 saturated carbocycles. The van der Waals surface area contributed by atoms with Crippen LogP contribution in [0.3, 0.4) is 0 Å². The number of carbonyl (C=O) groups is 1.